The van der Waals surface area contributed by atoms with Crippen LogP contribution >= 0.6 is 0 Å². The summed E-state index contributed by atoms with van der Waals surface area (Å²) in [6.45, 7) is 2.06. The molecule has 0 amide bonds. The quantitative estimate of drug-likeness (QED) is 0.569. The number of nitro groups is 1. The molecule has 2 heterocycles. The second kappa shape index (κ2) is 3.76. The third-order valence-electron chi connectivity index (χ3n) is 2.21. The van der Waals surface area contributed by atoms with Crippen molar-refractivity contribution in [1.29, 1.82) is 0 Å². The van der Waals surface area contributed by atoms with Gasteiger partial charge in [-0.3, -0.25) is 19.5 Å². The second-order valence-corrected chi connectivity index (χ2v) is 3.54. The van der Waals surface area contributed by atoms with Crippen LogP contribution in [0.5, 0.6) is 0 Å². The highest BCUT2D eigenvalue weighted by atomic mass is 16.6. The van der Waals surface area contributed by atoms with Gasteiger partial charge in [0.2, 0.25) is 0 Å². The minimum absolute atomic E-state index is 0.0379. The Labute approximate surface area is 91.5 Å². The Hall–Kier alpha value is -2.18. The van der Waals surface area contributed by atoms with Crippen LogP contribution in [0.25, 0.3) is 0 Å². The monoisotopic (exact) mass is 221 g/mol. The summed E-state index contributed by atoms with van der Waals surface area (Å²) >= 11 is 0. The van der Waals surface area contributed by atoms with Crippen LogP contribution in [-0.2, 0) is 13.6 Å². The van der Waals surface area contributed by atoms with E-state index in [0.717, 1.165) is 5.69 Å². The fraction of sp³-hybridized carbons (Fsp3) is 0.333. The van der Waals surface area contributed by atoms with Crippen LogP contribution < -0.4 is 0 Å². The van der Waals surface area contributed by atoms with Crippen LogP contribution in [-0.4, -0.2) is 24.5 Å². The number of hydrogen-bond donors (Lipinski definition) is 0. The minimum atomic E-state index is -0.433. The predicted molar refractivity (Wildman–Crippen MR) is 55.9 cm³/mol. The van der Waals surface area contributed by atoms with Gasteiger partial charge in [-0.2, -0.15) is 10.2 Å². The molecule has 2 aromatic rings. The van der Waals surface area contributed by atoms with Crippen molar-refractivity contribution >= 4 is 5.69 Å². The average molecular weight is 221 g/mol. The lowest BCUT2D eigenvalue weighted by atomic mass is 10.4. The summed E-state index contributed by atoms with van der Waals surface area (Å²) in [5, 5.41) is 18.9. The third kappa shape index (κ3) is 1.92. The molecule has 0 saturated heterocycles. The van der Waals surface area contributed by atoms with Gasteiger partial charge in [-0.25, -0.2) is 0 Å². The molecule has 0 N–H and O–H groups in total. The highest BCUT2D eigenvalue weighted by molar-refractivity contribution is 5.31. The molecule has 0 aliphatic rings. The first-order chi connectivity index (χ1) is 7.56. The van der Waals surface area contributed by atoms with Crippen LogP contribution in [0.4, 0.5) is 5.69 Å². The third-order valence-corrected chi connectivity index (χ3v) is 2.21. The number of nitrogens with zero attached hydrogens (tertiary/aromatic N) is 5. The first-order valence-corrected chi connectivity index (χ1v) is 4.73. The first kappa shape index (κ1) is 10.3. The van der Waals surface area contributed by atoms with E-state index in [1.165, 1.54) is 10.9 Å². The van der Waals surface area contributed by atoms with Gasteiger partial charge in [0.25, 0.3) is 0 Å². The van der Waals surface area contributed by atoms with Gasteiger partial charge in [-0.15, -0.1) is 0 Å². The lowest BCUT2D eigenvalue weighted by Crippen LogP contribution is -2.02. The maximum atomic E-state index is 10.6. The SMILES string of the molecule is Cc1nn(Cc2ccn(C)n2)cc1[N+](=O)[O-]. The van der Waals surface area contributed by atoms with E-state index in [-0.39, 0.29) is 5.69 Å². The van der Waals surface area contributed by atoms with Gasteiger partial charge in [0, 0.05) is 13.2 Å². The summed E-state index contributed by atoms with van der Waals surface area (Å²) < 4.78 is 3.20. The van der Waals surface area contributed by atoms with Gasteiger partial charge >= 0.3 is 5.69 Å². The van der Waals surface area contributed by atoms with Crippen molar-refractivity contribution in [3.8, 4) is 0 Å². The molecule has 0 atom stereocenters. The molecule has 0 unspecified atom stereocenters. The maximum absolute atomic E-state index is 10.6. The predicted octanol–water partition coefficient (Wildman–Crippen LogP) is 0.882. The summed E-state index contributed by atoms with van der Waals surface area (Å²) in [6.07, 6.45) is 3.24. The molecular weight excluding hydrogens is 210 g/mol. The lowest BCUT2D eigenvalue weighted by molar-refractivity contribution is -0.385. The Balaban J connectivity index is 2.22. The van der Waals surface area contributed by atoms with E-state index in [2.05, 4.69) is 10.2 Å². The van der Waals surface area contributed by atoms with E-state index in [0.29, 0.717) is 12.2 Å². The summed E-state index contributed by atoms with van der Waals surface area (Å²) in [7, 11) is 1.82. The summed E-state index contributed by atoms with van der Waals surface area (Å²) in [5.74, 6) is 0. The molecule has 2 rings (SSSR count). The standard InChI is InChI=1S/C9H11N5O2/c1-7-9(14(15)16)6-13(10-7)5-8-3-4-12(2)11-8/h3-4,6H,5H2,1-2H3. The normalized spacial score (nSPS) is 10.6. The lowest BCUT2D eigenvalue weighted by Gasteiger charge is -1.95. The molecule has 7 heteroatoms. The molecule has 2 aromatic heterocycles. The Bertz CT molecular complexity index is 528. The van der Waals surface area contributed by atoms with Crippen LogP contribution in [0, 0.1) is 17.0 Å². The zero-order valence-electron chi connectivity index (χ0n) is 8.99. The van der Waals surface area contributed by atoms with Crippen molar-refractivity contribution in [3.63, 3.8) is 0 Å². The topological polar surface area (TPSA) is 78.8 Å². The molecule has 0 aliphatic carbocycles. The highest BCUT2D eigenvalue weighted by Crippen LogP contribution is 2.15. The summed E-state index contributed by atoms with van der Waals surface area (Å²) in [4.78, 5) is 10.2. The summed E-state index contributed by atoms with van der Waals surface area (Å²) in [6, 6.07) is 1.85. The Morgan fingerprint density at radius 2 is 2.25 bits per heavy atom. The molecule has 0 aliphatic heterocycles. The Kier molecular flexibility index (Phi) is 2.43. The van der Waals surface area contributed by atoms with Gasteiger partial charge in [0.1, 0.15) is 11.9 Å². The number of rotatable bonds is 3. The molecule has 84 valence electrons. The fourth-order valence-electron chi connectivity index (χ4n) is 1.48. The van der Waals surface area contributed by atoms with E-state index in [9.17, 15) is 10.1 Å². The highest BCUT2D eigenvalue weighted by Gasteiger charge is 2.15. The second-order valence-electron chi connectivity index (χ2n) is 3.54. The van der Waals surface area contributed by atoms with Crippen molar-refractivity contribution in [1.82, 2.24) is 19.6 Å². The molecule has 0 spiro atoms. The van der Waals surface area contributed by atoms with E-state index < -0.39 is 4.92 Å². The van der Waals surface area contributed by atoms with Crippen LogP contribution in [0.3, 0.4) is 0 Å². The van der Waals surface area contributed by atoms with Crippen molar-refractivity contribution in [3.05, 3.63) is 40.0 Å². The van der Waals surface area contributed by atoms with Gasteiger partial charge in [0.15, 0.2) is 0 Å². The fourth-order valence-corrected chi connectivity index (χ4v) is 1.48. The van der Waals surface area contributed by atoms with Crippen molar-refractivity contribution in [2.45, 2.75) is 13.5 Å². The number of aryl methyl sites for hydroxylation is 2. The Morgan fingerprint density at radius 1 is 1.50 bits per heavy atom. The van der Waals surface area contributed by atoms with E-state index in [4.69, 9.17) is 0 Å². The van der Waals surface area contributed by atoms with Gasteiger partial charge in [-0.05, 0) is 13.0 Å². The molecule has 16 heavy (non-hydrogen) atoms. The minimum Gasteiger partial charge on any atom is -0.275 e. The zero-order chi connectivity index (χ0) is 11.7. The molecule has 0 saturated carbocycles. The van der Waals surface area contributed by atoms with Gasteiger partial charge < -0.3 is 0 Å². The van der Waals surface area contributed by atoms with Crippen LogP contribution in [0.1, 0.15) is 11.4 Å². The van der Waals surface area contributed by atoms with Crippen molar-refractivity contribution in [2.24, 2.45) is 7.05 Å². The molecule has 0 aromatic carbocycles. The molecule has 7 nitrogen and oxygen atoms in total. The average Bonchev–Trinajstić information content (AvgIpc) is 2.73. The van der Waals surface area contributed by atoms with E-state index >= 15 is 0 Å². The van der Waals surface area contributed by atoms with Crippen molar-refractivity contribution < 1.29 is 4.92 Å². The first-order valence-electron chi connectivity index (χ1n) is 4.73. The number of aromatic nitrogens is 4. The van der Waals surface area contributed by atoms with Gasteiger partial charge in [-0.1, -0.05) is 0 Å². The Morgan fingerprint density at radius 3 is 2.75 bits per heavy atom. The van der Waals surface area contributed by atoms with Crippen molar-refractivity contribution in [2.75, 3.05) is 0 Å². The molecule has 0 fully saturated rings. The molecule has 0 bridgehead atoms. The van der Waals surface area contributed by atoms with Gasteiger partial charge in [0.05, 0.1) is 17.2 Å². The largest absolute Gasteiger partial charge is 0.309 e. The smallest absolute Gasteiger partial charge is 0.275 e. The summed E-state index contributed by atoms with van der Waals surface area (Å²) in [5.41, 5.74) is 1.27. The van der Waals surface area contributed by atoms with Crippen LogP contribution in [0.15, 0.2) is 18.5 Å². The van der Waals surface area contributed by atoms with E-state index in [1.807, 2.05) is 19.3 Å². The number of hydrogen-bond acceptors (Lipinski definition) is 4. The maximum Gasteiger partial charge on any atom is 0.309 e. The molecular formula is C9H11N5O2. The van der Waals surface area contributed by atoms with Crippen LogP contribution in [0.2, 0.25) is 0 Å². The van der Waals surface area contributed by atoms with E-state index in [1.54, 1.807) is 11.6 Å². The zero-order valence-corrected chi connectivity index (χ0v) is 8.99. The molecule has 0 radical (unpaired) electrons.